The number of anilines is 1. The number of carbonyl (C=O) groups is 1. The first-order chi connectivity index (χ1) is 14.5. The van der Waals surface area contributed by atoms with E-state index in [0.29, 0.717) is 5.56 Å². The fourth-order valence-corrected chi connectivity index (χ4v) is 3.35. The lowest BCUT2D eigenvalue weighted by Crippen LogP contribution is -2.17. The molecule has 0 unspecified atom stereocenters. The summed E-state index contributed by atoms with van der Waals surface area (Å²) in [6.45, 7) is 13.4. The van der Waals surface area contributed by atoms with Gasteiger partial charge in [-0.1, -0.05) is 108 Å². The predicted molar refractivity (Wildman–Crippen MR) is 133 cm³/mol. The average Bonchev–Trinajstić information content (AvgIpc) is 2.73. The minimum absolute atomic E-state index is 0.0185. The Balaban J connectivity index is 2.08. The van der Waals surface area contributed by atoms with Gasteiger partial charge in [0.05, 0.1) is 0 Å². The molecule has 3 aromatic carbocycles. The Morgan fingerprint density at radius 2 is 1.13 bits per heavy atom. The molecule has 0 radical (unpaired) electrons. The van der Waals surface area contributed by atoms with E-state index >= 15 is 0 Å². The normalized spacial score (nSPS) is 12.5. The van der Waals surface area contributed by atoms with E-state index in [-0.39, 0.29) is 16.6 Å². The highest BCUT2D eigenvalue weighted by Crippen LogP contribution is 2.33. The van der Waals surface area contributed by atoms with Crippen molar-refractivity contribution in [1.82, 2.24) is 0 Å². The van der Waals surface area contributed by atoms with Crippen LogP contribution in [0.4, 0.5) is 5.69 Å². The molecule has 31 heavy (non-hydrogen) atoms. The summed E-state index contributed by atoms with van der Waals surface area (Å²) >= 11 is 0. The smallest absolute Gasteiger partial charge is 0.187 e. The highest BCUT2D eigenvalue weighted by molar-refractivity contribution is 6.09. The molecule has 1 N–H and O–H groups in total. The van der Waals surface area contributed by atoms with Crippen LogP contribution in [0.15, 0.2) is 84.9 Å². The van der Waals surface area contributed by atoms with E-state index < -0.39 is 0 Å². The zero-order valence-electron chi connectivity index (χ0n) is 19.5. The fraction of sp³-hybridized carbons (Fsp3) is 0.276. The molecule has 0 aliphatic rings. The molecule has 0 saturated carbocycles. The molecule has 0 saturated heterocycles. The Kier molecular flexibility index (Phi) is 6.50. The molecular formula is C29H33NO. The molecule has 0 aromatic heterocycles. The summed E-state index contributed by atoms with van der Waals surface area (Å²) in [6.07, 6.45) is 1.70. The Morgan fingerprint density at radius 1 is 0.677 bits per heavy atom. The predicted octanol–water partition coefficient (Wildman–Crippen LogP) is 7.62. The standard InChI is InChI=1S/C29H33NO/c1-28(2,3)23-17-24(29(4,5)6)19-25(18-23)30-26(21-13-9-7-10-14-21)20-27(31)22-15-11-8-12-16-22/h7-20,30H,1-6H3. The van der Waals surface area contributed by atoms with Crippen LogP contribution in [-0.4, -0.2) is 5.78 Å². The topological polar surface area (TPSA) is 29.1 Å². The SMILES string of the molecule is CC(C)(C)c1cc(NC(=CC(=O)c2ccccc2)c2ccccc2)cc(C(C)(C)C)c1. The summed E-state index contributed by atoms with van der Waals surface area (Å²) in [5.74, 6) is -0.0185. The van der Waals surface area contributed by atoms with Crippen LogP contribution in [0.1, 0.15) is 68.6 Å². The summed E-state index contributed by atoms with van der Waals surface area (Å²) in [7, 11) is 0. The van der Waals surface area contributed by atoms with Crippen LogP contribution < -0.4 is 5.32 Å². The molecule has 2 heteroatoms. The van der Waals surface area contributed by atoms with Gasteiger partial charge in [0, 0.05) is 23.0 Å². The lowest BCUT2D eigenvalue weighted by molar-refractivity contribution is 0.104. The second kappa shape index (κ2) is 8.93. The second-order valence-corrected chi connectivity index (χ2v) is 10.1. The van der Waals surface area contributed by atoms with Crippen molar-refractivity contribution in [3.8, 4) is 0 Å². The molecular weight excluding hydrogens is 378 g/mol. The average molecular weight is 412 g/mol. The minimum atomic E-state index is -0.0185. The van der Waals surface area contributed by atoms with Gasteiger partial charge in [-0.3, -0.25) is 4.79 Å². The lowest BCUT2D eigenvalue weighted by Gasteiger charge is -2.26. The molecule has 3 aromatic rings. The number of hydrogen-bond acceptors (Lipinski definition) is 2. The zero-order chi connectivity index (χ0) is 22.6. The third-order valence-electron chi connectivity index (χ3n) is 5.36. The Bertz CT molecular complexity index is 1030. The van der Waals surface area contributed by atoms with Crippen molar-refractivity contribution in [1.29, 1.82) is 0 Å². The van der Waals surface area contributed by atoms with Crippen LogP contribution in [0.25, 0.3) is 5.70 Å². The van der Waals surface area contributed by atoms with E-state index in [2.05, 4.69) is 65.1 Å². The van der Waals surface area contributed by atoms with Crippen LogP contribution in [0.5, 0.6) is 0 Å². The summed E-state index contributed by atoms with van der Waals surface area (Å²) in [4.78, 5) is 13.0. The fourth-order valence-electron chi connectivity index (χ4n) is 3.35. The van der Waals surface area contributed by atoms with Gasteiger partial charge in [-0.05, 0) is 39.7 Å². The third kappa shape index (κ3) is 5.95. The molecule has 0 bridgehead atoms. The first kappa shape index (κ1) is 22.6. The second-order valence-electron chi connectivity index (χ2n) is 10.1. The molecule has 160 valence electrons. The summed E-state index contributed by atoms with van der Waals surface area (Å²) < 4.78 is 0. The molecule has 0 atom stereocenters. The summed E-state index contributed by atoms with van der Waals surface area (Å²) in [5, 5.41) is 3.56. The van der Waals surface area contributed by atoms with E-state index in [1.54, 1.807) is 6.08 Å². The lowest BCUT2D eigenvalue weighted by atomic mass is 9.80. The highest BCUT2D eigenvalue weighted by Gasteiger charge is 2.21. The first-order valence-corrected chi connectivity index (χ1v) is 10.8. The Labute approximate surface area is 187 Å². The van der Waals surface area contributed by atoms with Gasteiger partial charge in [0.25, 0.3) is 0 Å². The van der Waals surface area contributed by atoms with Crippen molar-refractivity contribution in [2.45, 2.75) is 52.4 Å². The molecule has 0 spiro atoms. The summed E-state index contributed by atoms with van der Waals surface area (Å²) in [5.41, 5.74) is 6.02. The van der Waals surface area contributed by atoms with Gasteiger partial charge in [0.2, 0.25) is 0 Å². The van der Waals surface area contributed by atoms with Gasteiger partial charge in [0.15, 0.2) is 5.78 Å². The quantitative estimate of drug-likeness (QED) is 0.345. The molecule has 0 fully saturated rings. The van der Waals surface area contributed by atoms with Crippen molar-refractivity contribution in [2.75, 3.05) is 5.32 Å². The van der Waals surface area contributed by atoms with Crippen molar-refractivity contribution in [2.24, 2.45) is 0 Å². The maximum atomic E-state index is 13.0. The Hall–Kier alpha value is -3.13. The van der Waals surface area contributed by atoms with E-state index in [1.807, 2.05) is 60.7 Å². The van der Waals surface area contributed by atoms with Gasteiger partial charge in [-0.2, -0.15) is 0 Å². The van der Waals surface area contributed by atoms with Crippen LogP contribution in [-0.2, 0) is 10.8 Å². The number of carbonyl (C=O) groups excluding carboxylic acids is 1. The zero-order valence-corrected chi connectivity index (χ0v) is 19.5. The van der Waals surface area contributed by atoms with Crippen LogP contribution in [0.2, 0.25) is 0 Å². The monoisotopic (exact) mass is 411 g/mol. The van der Waals surface area contributed by atoms with Crippen LogP contribution >= 0.6 is 0 Å². The largest absolute Gasteiger partial charge is 0.355 e. The molecule has 3 rings (SSSR count). The Morgan fingerprint density at radius 3 is 1.58 bits per heavy atom. The van der Waals surface area contributed by atoms with E-state index in [9.17, 15) is 4.79 Å². The van der Waals surface area contributed by atoms with E-state index in [4.69, 9.17) is 0 Å². The molecule has 0 heterocycles. The number of ketones is 1. The number of nitrogens with one attached hydrogen (secondary N) is 1. The van der Waals surface area contributed by atoms with Crippen LogP contribution in [0, 0.1) is 0 Å². The van der Waals surface area contributed by atoms with Crippen molar-refractivity contribution < 1.29 is 4.79 Å². The van der Waals surface area contributed by atoms with E-state index in [0.717, 1.165) is 16.9 Å². The van der Waals surface area contributed by atoms with Gasteiger partial charge in [-0.15, -0.1) is 0 Å². The molecule has 2 nitrogen and oxygen atoms in total. The van der Waals surface area contributed by atoms with Crippen molar-refractivity contribution in [3.63, 3.8) is 0 Å². The minimum Gasteiger partial charge on any atom is -0.355 e. The van der Waals surface area contributed by atoms with Crippen molar-refractivity contribution in [3.05, 3.63) is 107 Å². The number of allylic oxidation sites excluding steroid dienone is 1. The molecule has 0 aliphatic carbocycles. The maximum absolute atomic E-state index is 13.0. The van der Waals surface area contributed by atoms with Gasteiger partial charge in [0.1, 0.15) is 0 Å². The van der Waals surface area contributed by atoms with Gasteiger partial charge < -0.3 is 5.32 Å². The van der Waals surface area contributed by atoms with Gasteiger partial charge >= 0.3 is 0 Å². The summed E-state index contributed by atoms with van der Waals surface area (Å²) in [6, 6.07) is 26.1. The van der Waals surface area contributed by atoms with Gasteiger partial charge in [-0.25, -0.2) is 0 Å². The van der Waals surface area contributed by atoms with E-state index in [1.165, 1.54) is 11.1 Å². The number of hydrogen-bond donors (Lipinski definition) is 1. The first-order valence-electron chi connectivity index (χ1n) is 10.8. The van der Waals surface area contributed by atoms with Crippen molar-refractivity contribution >= 4 is 17.2 Å². The number of rotatable bonds is 5. The highest BCUT2D eigenvalue weighted by atomic mass is 16.1. The molecule has 0 amide bonds. The molecule has 0 aliphatic heterocycles. The van der Waals surface area contributed by atoms with Crippen LogP contribution in [0.3, 0.4) is 0 Å². The third-order valence-corrected chi connectivity index (χ3v) is 5.36. The number of benzene rings is 3. The maximum Gasteiger partial charge on any atom is 0.187 e.